The summed E-state index contributed by atoms with van der Waals surface area (Å²) in [6.45, 7) is 7.20. The molecule has 0 unspecified atom stereocenters. The SMILES string of the molecule is Cc1cc2c(cc1C(=O)O)NC(=O)/C2=C(/Nc1ccc(C(=O)NOCCN2CCN(CCO)CC2)cc1)c1ccccc1. The van der Waals surface area contributed by atoms with Gasteiger partial charge in [0.15, 0.2) is 0 Å². The number of carboxylic acid groups (broad SMARTS) is 1. The van der Waals surface area contributed by atoms with Crippen LogP contribution < -0.4 is 16.1 Å². The Hall–Kier alpha value is -4.55. The summed E-state index contributed by atoms with van der Waals surface area (Å²) in [7, 11) is 0. The number of aryl methyl sites for hydroxylation is 1. The number of carbonyl (C=O) groups excluding carboxylic acids is 2. The number of piperazine rings is 1. The molecule has 224 valence electrons. The number of carboxylic acids is 1. The Labute approximate surface area is 249 Å². The monoisotopic (exact) mass is 585 g/mol. The van der Waals surface area contributed by atoms with E-state index in [1.165, 1.54) is 6.07 Å². The number of aliphatic hydroxyl groups is 1. The Kier molecular flexibility index (Phi) is 9.48. The average Bonchev–Trinajstić information content (AvgIpc) is 3.33. The first-order chi connectivity index (χ1) is 20.8. The number of fused-ring (bicyclic) bond motifs is 1. The van der Waals surface area contributed by atoms with Gasteiger partial charge in [-0.25, -0.2) is 10.3 Å². The highest BCUT2D eigenvalue weighted by molar-refractivity contribution is 6.37. The van der Waals surface area contributed by atoms with Gasteiger partial charge in [0.05, 0.1) is 35.7 Å². The fourth-order valence-corrected chi connectivity index (χ4v) is 5.27. The molecule has 2 heterocycles. The number of anilines is 2. The number of amides is 2. The number of aliphatic hydroxyl groups excluding tert-OH is 1. The number of hydroxylamine groups is 1. The summed E-state index contributed by atoms with van der Waals surface area (Å²) in [5.41, 5.74) is 7.01. The van der Waals surface area contributed by atoms with E-state index >= 15 is 0 Å². The number of rotatable bonds is 11. The highest BCUT2D eigenvalue weighted by atomic mass is 16.7. The van der Waals surface area contributed by atoms with Crippen molar-refractivity contribution in [3.8, 4) is 0 Å². The number of aromatic carboxylic acids is 1. The smallest absolute Gasteiger partial charge is 0.336 e. The zero-order valence-electron chi connectivity index (χ0n) is 23.9. The third kappa shape index (κ3) is 7.09. The number of hydrogen-bond acceptors (Lipinski definition) is 8. The summed E-state index contributed by atoms with van der Waals surface area (Å²) in [4.78, 5) is 47.4. The second-order valence-corrected chi connectivity index (χ2v) is 10.5. The highest BCUT2D eigenvalue weighted by Gasteiger charge is 2.30. The van der Waals surface area contributed by atoms with E-state index in [4.69, 9.17) is 9.94 Å². The van der Waals surface area contributed by atoms with E-state index < -0.39 is 5.97 Å². The molecule has 1 saturated heterocycles. The van der Waals surface area contributed by atoms with Crippen LogP contribution in [-0.2, 0) is 9.63 Å². The Morgan fingerprint density at radius 3 is 2.26 bits per heavy atom. The van der Waals surface area contributed by atoms with Crippen LogP contribution >= 0.6 is 0 Å². The quantitative estimate of drug-likeness (QED) is 0.130. The number of carbonyl (C=O) groups is 3. The lowest BCUT2D eigenvalue weighted by Crippen LogP contribution is -2.48. The molecule has 2 aliphatic heterocycles. The molecule has 43 heavy (non-hydrogen) atoms. The fraction of sp³-hybridized carbons (Fsp3) is 0.281. The van der Waals surface area contributed by atoms with Gasteiger partial charge in [0.2, 0.25) is 0 Å². The van der Waals surface area contributed by atoms with Crippen LogP contribution in [0.4, 0.5) is 11.4 Å². The summed E-state index contributed by atoms with van der Waals surface area (Å²) in [5, 5.41) is 24.7. The van der Waals surface area contributed by atoms with Crippen LogP contribution in [-0.4, -0.2) is 90.3 Å². The number of β-amino-alcohol motifs (C(OH)–C–C–N with tert-alkyl or cyclic N) is 1. The van der Waals surface area contributed by atoms with E-state index in [0.717, 1.165) is 31.7 Å². The normalized spacial score (nSPS) is 16.4. The summed E-state index contributed by atoms with van der Waals surface area (Å²) < 4.78 is 0. The van der Waals surface area contributed by atoms with E-state index in [9.17, 15) is 19.5 Å². The molecule has 0 aromatic heterocycles. The second kappa shape index (κ2) is 13.6. The van der Waals surface area contributed by atoms with E-state index in [0.29, 0.717) is 59.0 Å². The van der Waals surface area contributed by atoms with Crippen molar-refractivity contribution in [1.29, 1.82) is 0 Å². The van der Waals surface area contributed by atoms with Crippen LogP contribution in [0.2, 0.25) is 0 Å². The minimum absolute atomic E-state index is 0.129. The molecule has 0 aliphatic carbocycles. The van der Waals surface area contributed by atoms with Crippen LogP contribution in [0.15, 0.2) is 66.7 Å². The summed E-state index contributed by atoms with van der Waals surface area (Å²) in [6.07, 6.45) is 0. The maximum Gasteiger partial charge on any atom is 0.336 e. The Balaban J connectivity index is 1.26. The maximum absolute atomic E-state index is 13.2. The first-order valence-electron chi connectivity index (χ1n) is 14.2. The number of nitrogens with zero attached hydrogens (tertiary/aromatic N) is 2. The first kappa shape index (κ1) is 29.9. The van der Waals surface area contributed by atoms with Gasteiger partial charge in [-0.1, -0.05) is 30.3 Å². The zero-order chi connectivity index (χ0) is 30.3. The molecule has 3 aromatic rings. The van der Waals surface area contributed by atoms with Crippen molar-refractivity contribution >= 4 is 40.4 Å². The van der Waals surface area contributed by atoms with Gasteiger partial charge < -0.3 is 20.8 Å². The summed E-state index contributed by atoms with van der Waals surface area (Å²) in [6, 6.07) is 19.4. The molecule has 11 heteroatoms. The van der Waals surface area contributed by atoms with Crippen LogP contribution in [0.25, 0.3) is 11.3 Å². The van der Waals surface area contributed by atoms with Crippen molar-refractivity contribution < 1.29 is 29.4 Å². The van der Waals surface area contributed by atoms with Crippen molar-refractivity contribution in [3.05, 3.63) is 94.5 Å². The molecule has 1 fully saturated rings. The van der Waals surface area contributed by atoms with Crippen LogP contribution in [0.1, 0.15) is 37.4 Å². The van der Waals surface area contributed by atoms with E-state index in [1.807, 2.05) is 30.3 Å². The molecule has 0 atom stereocenters. The molecular weight excluding hydrogens is 550 g/mol. The molecule has 0 saturated carbocycles. The van der Waals surface area contributed by atoms with Crippen LogP contribution in [0, 0.1) is 6.92 Å². The van der Waals surface area contributed by atoms with Gasteiger partial charge in [-0.05, 0) is 54.4 Å². The minimum Gasteiger partial charge on any atom is -0.478 e. The molecule has 0 radical (unpaired) electrons. The van der Waals surface area contributed by atoms with Gasteiger partial charge >= 0.3 is 5.97 Å². The molecule has 2 amide bonds. The number of hydrogen-bond donors (Lipinski definition) is 5. The molecule has 5 N–H and O–H groups in total. The largest absolute Gasteiger partial charge is 0.478 e. The van der Waals surface area contributed by atoms with Gasteiger partial charge in [0.25, 0.3) is 11.8 Å². The lowest BCUT2D eigenvalue weighted by atomic mass is 9.96. The molecular formula is C32H35N5O6. The van der Waals surface area contributed by atoms with Gasteiger partial charge in [0, 0.05) is 56.1 Å². The van der Waals surface area contributed by atoms with Crippen LogP contribution in [0.5, 0.6) is 0 Å². The van der Waals surface area contributed by atoms with Crippen molar-refractivity contribution in [3.63, 3.8) is 0 Å². The van der Waals surface area contributed by atoms with Crippen molar-refractivity contribution in [1.82, 2.24) is 15.3 Å². The molecule has 11 nitrogen and oxygen atoms in total. The Morgan fingerprint density at radius 1 is 0.930 bits per heavy atom. The van der Waals surface area contributed by atoms with E-state index in [-0.39, 0.29) is 24.0 Å². The Bertz CT molecular complexity index is 1520. The molecule has 0 spiro atoms. The third-order valence-corrected chi connectivity index (χ3v) is 7.62. The minimum atomic E-state index is -1.06. The van der Waals surface area contributed by atoms with Gasteiger partial charge in [-0.3, -0.25) is 24.2 Å². The molecule has 2 aliphatic rings. The summed E-state index contributed by atoms with van der Waals surface area (Å²) >= 11 is 0. The second-order valence-electron chi connectivity index (χ2n) is 10.5. The fourth-order valence-electron chi connectivity index (χ4n) is 5.27. The number of nitrogens with one attached hydrogen (secondary N) is 3. The van der Waals surface area contributed by atoms with Crippen molar-refractivity contribution in [2.24, 2.45) is 0 Å². The van der Waals surface area contributed by atoms with Gasteiger partial charge in [-0.2, -0.15) is 0 Å². The highest BCUT2D eigenvalue weighted by Crippen LogP contribution is 2.39. The predicted molar refractivity (Wildman–Crippen MR) is 163 cm³/mol. The van der Waals surface area contributed by atoms with Gasteiger partial charge in [-0.15, -0.1) is 0 Å². The van der Waals surface area contributed by atoms with Gasteiger partial charge in [0.1, 0.15) is 0 Å². The standard InChI is InChI=1S/C32H35N5O6/c1-21-19-26-27(20-25(21)32(41)42)34-31(40)28(26)29(22-5-3-2-4-6-22)33-24-9-7-23(8-10-24)30(39)35-43-18-16-37-13-11-36(12-14-37)15-17-38/h2-10,19-20,33,38H,11-18H2,1H3,(H,34,40)(H,35,39)(H,41,42)/b29-28+. The van der Waals surface area contributed by atoms with Crippen molar-refractivity contribution in [2.45, 2.75) is 6.92 Å². The maximum atomic E-state index is 13.2. The van der Waals surface area contributed by atoms with E-state index in [1.54, 1.807) is 37.3 Å². The molecule has 0 bridgehead atoms. The molecule has 3 aromatic carbocycles. The Morgan fingerprint density at radius 2 is 1.60 bits per heavy atom. The topological polar surface area (TPSA) is 143 Å². The lowest BCUT2D eigenvalue weighted by molar-refractivity contribution is -0.110. The zero-order valence-corrected chi connectivity index (χ0v) is 23.9. The lowest BCUT2D eigenvalue weighted by Gasteiger charge is -2.34. The predicted octanol–water partition coefficient (Wildman–Crippen LogP) is 2.90. The van der Waals surface area contributed by atoms with Crippen molar-refractivity contribution in [2.75, 3.05) is 63.1 Å². The molecule has 5 rings (SSSR count). The number of benzene rings is 3. The first-order valence-corrected chi connectivity index (χ1v) is 14.2. The van der Waals surface area contributed by atoms with E-state index in [2.05, 4.69) is 25.9 Å². The van der Waals surface area contributed by atoms with Crippen LogP contribution in [0.3, 0.4) is 0 Å². The third-order valence-electron chi connectivity index (χ3n) is 7.62. The average molecular weight is 586 g/mol. The summed E-state index contributed by atoms with van der Waals surface area (Å²) in [5.74, 6) is -1.77.